The van der Waals surface area contributed by atoms with Crippen molar-refractivity contribution in [3.05, 3.63) is 52.0 Å². The number of rotatable bonds is 5. The molecule has 114 valence electrons. The van der Waals surface area contributed by atoms with E-state index in [9.17, 15) is 4.79 Å². The summed E-state index contributed by atoms with van der Waals surface area (Å²) in [7, 11) is 1.57. The van der Waals surface area contributed by atoms with Crippen LogP contribution in [-0.2, 0) is 6.54 Å². The van der Waals surface area contributed by atoms with E-state index in [1.165, 1.54) is 12.8 Å². The number of carbonyl (C=O) groups is 1. The van der Waals surface area contributed by atoms with Crippen LogP contribution < -0.4 is 10.1 Å². The second-order valence-electron chi connectivity index (χ2n) is 5.24. The lowest BCUT2D eigenvalue weighted by Crippen LogP contribution is -2.23. The van der Waals surface area contributed by atoms with Gasteiger partial charge in [0.1, 0.15) is 12.1 Å². The zero-order valence-corrected chi connectivity index (χ0v) is 13.8. The van der Waals surface area contributed by atoms with E-state index in [0.29, 0.717) is 23.8 Å². The molecular weight excluding hydrogens is 346 g/mol. The molecule has 0 aliphatic heterocycles. The van der Waals surface area contributed by atoms with E-state index in [1.807, 2.05) is 6.07 Å². The molecule has 1 aromatic heterocycles. The number of halogens is 1. The summed E-state index contributed by atoms with van der Waals surface area (Å²) < 4.78 is 5.88. The predicted octanol–water partition coefficient (Wildman–Crippen LogP) is 3.06. The Morgan fingerprint density at radius 1 is 1.36 bits per heavy atom. The van der Waals surface area contributed by atoms with Crippen LogP contribution in [0.5, 0.6) is 5.75 Å². The first-order valence-electron chi connectivity index (χ1n) is 7.10. The normalized spacial score (nSPS) is 13.7. The van der Waals surface area contributed by atoms with E-state index in [1.54, 1.807) is 31.6 Å². The summed E-state index contributed by atoms with van der Waals surface area (Å²) in [5.74, 6) is 1.05. The number of hydrogen-bond donors (Lipinski definition) is 1. The van der Waals surface area contributed by atoms with Crippen molar-refractivity contribution in [1.29, 1.82) is 0 Å². The lowest BCUT2D eigenvalue weighted by atomic mass is 10.2. The predicted molar refractivity (Wildman–Crippen MR) is 85.9 cm³/mol. The average Bonchev–Trinajstić information content (AvgIpc) is 3.38. The third-order valence-corrected chi connectivity index (χ3v) is 4.28. The van der Waals surface area contributed by atoms with Crippen molar-refractivity contribution >= 4 is 21.8 Å². The van der Waals surface area contributed by atoms with Crippen LogP contribution in [0.1, 0.15) is 40.5 Å². The van der Waals surface area contributed by atoms with Crippen molar-refractivity contribution in [2.24, 2.45) is 0 Å². The van der Waals surface area contributed by atoms with Crippen molar-refractivity contribution in [1.82, 2.24) is 15.3 Å². The molecule has 0 bridgehead atoms. The number of carbonyl (C=O) groups excluding carboxylic acids is 1. The highest BCUT2D eigenvalue weighted by molar-refractivity contribution is 9.10. The summed E-state index contributed by atoms with van der Waals surface area (Å²) in [6.07, 6.45) is 3.95. The van der Waals surface area contributed by atoms with Gasteiger partial charge in [-0.15, -0.1) is 0 Å². The van der Waals surface area contributed by atoms with Gasteiger partial charge in [0, 0.05) is 16.1 Å². The molecule has 6 heteroatoms. The second kappa shape index (κ2) is 6.44. The summed E-state index contributed by atoms with van der Waals surface area (Å²) >= 11 is 3.38. The van der Waals surface area contributed by atoms with Crippen LogP contribution in [0, 0.1) is 0 Å². The molecule has 0 spiro atoms. The number of benzene rings is 1. The Labute approximate surface area is 137 Å². The lowest BCUT2D eigenvalue weighted by molar-refractivity contribution is 0.0949. The van der Waals surface area contributed by atoms with Gasteiger partial charge in [-0.2, -0.15) is 0 Å². The quantitative estimate of drug-likeness (QED) is 0.888. The van der Waals surface area contributed by atoms with Gasteiger partial charge < -0.3 is 10.1 Å². The molecule has 0 radical (unpaired) electrons. The lowest BCUT2D eigenvalue weighted by Gasteiger charge is -2.09. The third-order valence-electron chi connectivity index (χ3n) is 3.59. The first-order chi connectivity index (χ1) is 10.7. The Morgan fingerprint density at radius 2 is 2.18 bits per heavy atom. The highest BCUT2D eigenvalue weighted by Gasteiger charge is 2.25. The standard InChI is InChI=1S/C16H16BrN3O2/c1-22-12-4-5-14(17)13(7-12)16(21)18-8-11-6-15(10-2-3-10)20-9-19-11/h4-7,9-10H,2-3,8H2,1H3,(H,18,21). The maximum atomic E-state index is 12.3. The van der Waals surface area contributed by atoms with Crippen molar-refractivity contribution < 1.29 is 9.53 Å². The molecule has 3 rings (SSSR count). The third kappa shape index (κ3) is 3.44. The molecular formula is C16H16BrN3O2. The van der Waals surface area contributed by atoms with Crippen LogP contribution in [0.4, 0.5) is 0 Å². The minimum absolute atomic E-state index is 0.169. The topological polar surface area (TPSA) is 64.1 Å². The SMILES string of the molecule is COc1ccc(Br)c(C(=O)NCc2cc(C3CC3)ncn2)c1. The molecule has 1 fully saturated rings. The summed E-state index contributed by atoms with van der Waals surface area (Å²) in [5, 5.41) is 2.88. The number of aromatic nitrogens is 2. The first kappa shape index (κ1) is 15.0. The Bertz CT molecular complexity index is 702. The van der Waals surface area contributed by atoms with Crippen molar-refractivity contribution in [2.45, 2.75) is 25.3 Å². The van der Waals surface area contributed by atoms with Gasteiger partial charge in [0.25, 0.3) is 5.91 Å². The van der Waals surface area contributed by atoms with Crippen LogP contribution >= 0.6 is 15.9 Å². The molecule has 0 atom stereocenters. The average molecular weight is 362 g/mol. The molecule has 1 heterocycles. The Balaban J connectivity index is 1.68. The van der Waals surface area contributed by atoms with Gasteiger partial charge in [-0.25, -0.2) is 9.97 Å². The molecule has 5 nitrogen and oxygen atoms in total. The summed E-state index contributed by atoms with van der Waals surface area (Å²) in [5.41, 5.74) is 2.43. The number of nitrogens with zero attached hydrogens (tertiary/aromatic N) is 2. The van der Waals surface area contributed by atoms with Crippen molar-refractivity contribution in [2.75, 3.05) is 7.11 Å². The molecule has 1 aliphatic rings. The molecule has 1 aromatic carbocycles. The fraction of sp³-hybridized carbons (Fsp3) is 0.312. The van der Waals surface area contributed by atoms with Crippen LogP contribution in [0.2, 0.25) is 0 Å². The summed E-state index contributed by atoms with van der Waals surface area (Å²) in [6, 6.07) is 7.27. The van der Waals surface area contributed by atoms with E-state index in [-0.39, 0.29) is 5.91 Å². The fourth-order valence-corrected chi connectivity index (χ4v) is 2.61. The number of methoxy groups -OCH3 is 1. The fourth-order valence-electron chi connectivity index (χ4n) is 2.19. The van der Waals surface area contributed by atoms with Gasteiger partial charge in [-0.1, -0.05) is 0 Å². The van der Waals surface area contributed by atoms with E-state index >= 15 is 0 Å². The van der Waals surface area contributed by atoms with E-state index in [2.05, 4.69) is 31.2 Å². The van der Waals surface area contributed by atoms with Gasteiger partial charge in [0.05, 0.1) is 24.9 Å². The summed E-state index contributed by atoms with van der Waals surface area (Å²) in [4.78, 5) is 20.8. The second-order valence-corrected chi connectivity index (χ2v) is 6.09. The van der Waals surface area contributed by atoms with Crippen LogP contribution in [-0.4, -0.2) is 23.0 Å². The minimum Gasteiger partial charge on any atom is -0.497 e. The molecule has 1 aliphatic carbocycles. The van der Waals surface area contributed by atoms with Crippen LogP contribution in [0.25, 0.3) is 0 Å². The number of hydrogen-bond acceptors (Lipinski definition) is 4. The van der Waals surface area contributed by atoms with Crippen LogP contribution in [0.3, 0.4) is 0 Å². The molecule has 2 aromatic rings. The van der Waals surface area contributed by atoms with Gasteiger partial charge in [0.2, 0.25) is 0 Å². The Morgan fingerprint density at radius 3 is 2.91 bits per heavy atom. The van der Waals surface area contributed by atoms with Gasteiger partial charge in [0.15, 0.2) is 0 Å². The number of ether oxygens (including phenoxy) is 1. The smallest absolute Gasteiger partial charge is 0.252 e. The number of amides is 1. The van der Waals surface area contributed by atoms with Crippen molar-refractivity contribution in [3.63, 3.8) is 0 Å². The number of nitrogens with one attached hydrogen (secondary N) is 1. The maximum absolute atomic E-state index is 12.3. The Kier molecular flexibility index (Phi) is 4.38. The monoisotopic (exact) mass is 361 g/mol. The zero-order chi connectivity index (χ0) is 15.5. The maximum Gasteiger partial charge on any atom is 0.252 e. The summed E-state index contributed by atoms with van der Waals surface area (Å²) in [6.45, 7) is 0.380. The zero-order valence-electron chi connectivity index (χ0n) is 12.2. The van der Waals surface area contributed by atoms with Crippen LogP contribution in [0.15, 0.2) is 35.1 Å². The molecule has 0 saturated heterocycles. The van der Waals surface area contributed by atoms with Gasteiger partial charge in [-0.05, 0) is 53.0 Å². The molecule has 1 N–H and O–H groups in total. The van der Waals surface area contributed by atoms with E-state index in [0.717, 1.165) is 15.9 Å². The highest BCUT2D eigenvalue weighted by Crippen LogP contribution is 2.38. The Hall–Kier alpha value is -1.95. The minimum atomic E-state index is -0.169. The molecule has 1 saturated carbocycles. The molecule has 1 amide bonds. The molecule has 22 heavy (non-hydrogen) atoms. The van der Waals surface area contributed by atoms with Gasteiger partial charge in [-0.3, -0.25) is 4.79 Å². The highest BCUT2D eigenvalue weighted by atomic mass is 79.9. The largest absolute Gasteiger partial charge is 0.497 e. The van der Waals surface area contributed by atoms with Gasteiger partial charge >= 0.3 is 0 Å². The first-order valence-corrected chi connectivity index (χ1v) is 7.89. The van der Waals surface area contributed by atoms with E-state index < -0.39 is 0 Å². The van der Waals surface area contributed by atoms with E-state index in [4.69, 9.17) is 4.74 Å². The molecule has 0 unspecified atom stereocenters. The van der Waals surface area contributed by atoms with Crippen molar-refractivity contribution in [3.8, 4) is 5.75 Å².